The molecule has 5 atom stereocenters. The second-order valence-electron chi connectivity index (χ2n) is 8.24. The van der Waals surface area contributed by atoms with E-state index in [2.05, 4.69) is 5.16 Å². The summed E-state index contributed by atoms with van der Waals surface area (Å²) in [7, 11) is 0. The molecule has 9 heteroatoms. The number of ether oxygens (including phenoxy) is 2. The molecule has 2 heterocycles. The Bertz CT molecular complexity index is 1010. The Labute approximate surface area is 190 Å². The van der Waals surface area contributed by atoms with Gasteiger partial charge in [0.05, 0.1) is 18.9 Å². The standard InChI is InChI=1S/C23H26ClNO7/c1-2-18(25-30)14-5-3-13(4-6-14)9-15-10-16(7-8-17(15)24)23-21(29)19(27)20(28)22(11-26,32-23)12-31-23/h3-8,10,19-21,26-30H,2,9,11-12H2,1H3/b25-18+/t19-,20-,21+,22-,23-/m0/s1. The minimum atomic E-state index is -1.74. The van der Waals surface area contributed by atoms with Gasteiger partial charge in [0.25, 0.3) is 0 Å². The molecular formula is C23H26ClNO7. The van der Waals surface area contributed by atoms with Crippen LogP contribution in [0.5, 0.6) is 0 Å². The number of hydrogen-bond acceptors (Lipinski definition) is 8. The van der Waals surface area contributed by atoms with E-state index in [1.54, 1.807) is 18.2 Å². The highest BCUT2D eigenvalue weighted by atomic mass is 35.5. The van der Waals surface area contributed by atoms with Crippen LogP contribution < -0.4 is 0 Å². The third-order valence-corrected chi connectivity index (χ3v) is 6.68. The summed E-state index contributed by atoms with van der Waals surface area (Å²) in [4.78, 5) is 0. The summed E-state index contributed by atoms with van der Waals surface area (Å²) in [6.07, 6.45) is -3.57. The van der Waals surface area contributed by atoms with Crippen LogP contribution in [0.1, 0.15) is 35.6 Å². The molecular weight excluding hydrogens is 438 g/mol. The lowest BCUT2D eigenvalue weighted by atomic mass is 9.83. The summed E-state index contributed by atoms with van der Waals surface area (Å²) in [5, 5.41) is 54.1. The molecule has 5 N–H and O–H groups in total. The van der Waals surface area contributed by atoms with Crippen LogP contribution in [0, 0.1) is 0 Å². The second-order valence-corrected chi connectivity index (χ2v) is 8.65. The van der Waals surface area contributed by atoms with Gasteiger partial charge in [0.2, 0.25) is 5.79 Å². The van der Waals surface area contributed by atoms with Gasteiger partial charge in [-0.05, 0) is 41.7 Å². The Morgan fingerprint density at radius 2 is 1.84 bits per heavy atom. The van der Waals surface area contributed by atoms with Crippen molar-refractivity contribution in [1.29, 1.82) is 0 Å². The number of hydrogen-bond donors (Lipinski definition) is 5. The van der Waals surface area contributed by atoms with Gasteiger partial charge in [-0.3, -0.25) is 0 Å². The lowest BCUT2D eigenvalue weighted by molar-refractivity contribution is -0.329. The smallest absolute Gasteiger partial charge is 0.225 e. The van der Waals surface area contributed by atoms with Gasteiger partial charge in [-0.15, -0.1) is 0 Å². The van der Waals surface area contributed by atoms with Crippen LogP contribution in [0.2, 0.25) is 5.02 Å². The van der Waals surface area contributed by atoms with E-state index in [0.717, 1.165) is 16.7 Å². The highest BCUT2D eigenvalue weighted by molar-refractivity contribution is 6.31. The molecule has 2 fully saturated rings. The van der Waals surface area contributed by atoms with Crippen LogP contribution in [0.25, 0.3) is 0 Å². The number of rotatable bonds is 6. The van der Waals surface area contributed by atoms with Gasteiger partial charge in [-0.25, -0.2) is 0 Å². The molecule has 0 radical (unpaired) electrons. The van der Waals surface area contributed by atoms with E-state index in [4.69, 9.17) is 26.3 Å². The van der Waals surface area contributed by atoms with Crippen LogP contribution in [0.15, 0.2) is 47.6 Å². The Morgan fingerprint density at radius 1 is 1.12 bits per heavy atom. The number of aliphatic hydroxyl groups is 4. The van der Waals surface area contributed by atoms with Crippen molar-refractivity contribution in [3.8, 4) is 0 Å². The normalized spacial score (nSPS) is 32.3. The molecule has 0 aliphatic carbocycles. The summed E-state index contributed by atoms with van der Waals surface area (Å²) in [5.41, 5.74) is 1.99. The fourth-order valence-corrected chi connectivity index (χ4v) is 4.55. The SMILES string of the molecule is CC/C(=N\O)c1ccc(Cc2cc([C@]34OC[C@](CO)(O3)[C@@H](O)[C@H](O)[C@H]4O)ccc2Cl)cc1. The average Bonchev–Trinajstić information content (AvgIpc) is 3.20. The van der Waals surface area contributed by atoms with Gasteiger partial charge in [0.15, 0.2) is 0 Å². The highest BCUT2D eigenvalue weighted by Gasteiger charge is 2.67. The molecule has 32 heavy (non-hydrogen) atoms. The minimum Gasteiger partial charge on any atom is -0.411 e. The maximum Gasteiger partial charge on any atom is 0.225 e. The van der Waals surface area contributed by atoms with Crippen molar-refractivity contribution < 1.29 is 35.1 Å². The molecule has 2 aromatic carbocycles. The van der Waals surface area contributed by atoms with E-state index in [1.165, 1.54) is 0 Å². The van der Waals surface area contributed by atoms with Crippen molar-refractivity contribution in [2.45, 2.75) is 49.5 Å². The lowest BCUT2D eigenvalue weighted by Crippen LogP contribution is -2.65. The van der Waals surface area contributed by atoms with E-state index in [0.29, 0.717) is 29.1 Å². The lowest BCUT2D eigenvalue weighted by Gasteiger charge is -2.46. The van der Waals surface area contributed by atoms with Crippen LogP contribution in [0.4, 0.5) is 0 Å². The number of aliphatic hydroxyl groups excluding tert-OH is 4. The molecule has 172 valence electrons. The van der Waals surface area contributed by atoms with E-state index in [-0.39, 0.29) is 6.61 Å². The number of fused-ring (bicyclic) bond motifs is 2. The van der Waals surface area contributed by atoms with E-state index < -0.39 is 36.3 Å². The molecule has 0 amide bonds. The highest BCUT2D eigenvalue weighted by Crippen LogP contribution is 2.49. The van der Waals surface area contributed by atoms with Crippen molar-refractivity contribution in [3.63, 3.8) is 0 Å². The van der Waals surface area contributed by atoms with E-state index in [1.807, 2.05) is 31.2 Å². The maximum atomic E-state index is 10.7. The zero-order valence-electron chi connectivity index (χ0n) is 17.5. The number of halogens is 1. The fraction of sp³-hybridized carbons (Fsp3) is 0.435. The van der Waals surface area contributed by atoms with E-state index in [9.17, 15) is 20.4 Å². The van der Waals surface area contributed by atoms with Crippen LogP contribution >= 0.6 is 11.6 Å². The summed E-state index contributed by atoms with van der Waals surface area (Å²) < 4.78 is 11.7. The number of nitrogens with zero attached hydrogens (tertiary/aromatic N) is 1. The van der Waals surface area contributed by atoms with Gasteiger partial charge in [0, 0.05) is 10.6 Å². The Hall–Kier alpha value is -2.04. The summed E-state index contributed by atoms with van der Waals surface area (Å²) in [5.74, 6) is -1.74. The van der Waals surface area contributed by atoms with Gasteiger partial charge < -0.3 is 35.1 Å². The molecule has 0 spiro atoms. The first-order valence-electron chi connectivity index (χ1n) is 10.4. The number of oxime groups is 1. The van der Waals surface area contributed by atoms with Crippen molar-refractivity contribution in [1.82, 2.24) is 0 Å². The van der Waals surface area contributed by atoms with Crippen molar-refractivity contribution in [2.75, 3.05) is 13.2 Å². The topological polar surface area (TPSA) is 132 Å². The molecule has 0 aromatic heterocycles. The Kier molecular flexibility index (Phi) is 6.30. The first-order chi connectivity index (χ1) is 15.3. The third-order valence-electron chi connectivity index (χ3n) is 6.31. The zero-order valence-corrected chi connectivity index (χ0v) is 18.2. The predicted molar refractivity (Wildman–Crippen MR) is 116 cm³/mol. The minimum absolute atomic E-state index is 0.190. The quantitative estimate of drug-likeness (QED) is 0.249. The summed E-state index contributed by atoms with van der Waals surface area (Å²) in [6, 6.07) is 12.6. The maximum absolute atomic E-state index is 10.7. The molecule has 0 unspecified atom stereocenters. The van der Waals surface area contributed by atoms with Gasteiger partial charge in [-0.1, -0.05) is 54.0 Å². The average molecular weight is 464 g/mol. The first-order valence-corrected chi connectivity index (χ1v) is 10.8. The van der Waals surface area contributed by atoms with Crippen molar-refractivity contribution in [2.24, 2.45) is 5.16 Å². The fourth-order valence-electron chi connectivity index (χ4n) is 4.37. The van der Waals surface area contributed by atoms with Crippen molar-refractivity contribution in [3.05, 3.63) is 69.7 Å². The predicted octanol–water partition coefficient (Wildman–Crippen LogP) is 1.55. The van der Waals surface area contributed by atoms with E-state index >= 15 is 0 Å². The molecule has 2 aliphatic rings. The number of benzene rings is 2. The molecule has 4 rings (SSSR count). The monoisotopic (exact) mass is 463 g/mol. The van der Waals surface area contributed by atoms with Crippen LogP contribution in [0.3, 0.4) is 0 Å². The van der Waals surface area contributed by atoms with Crippen LogP contribution in [-0.4, -0.2) is 68.5 Å². The second kappa shape index (κ2) is 8.72. The third kappa shape index (κ3) is 3.62. The van der Waals surface area contributed by atoms with Gasteiger partial charge >= 0.3 is 0 Å². The molecule has 2 bridgehead atoms. The molecule has 2 saturated heterocycles. The molecule has 2 aromatic rings. The molecule has 0 saturated carbocycles. The van der Waals surface area contributed by atoms with Crippen LogP contribution in [-0.2, 0) is 21.7 Å². The Balaban J connectivity index is 1.65. The summed E-state index contributed by atoms with van der Waals surface area (Å²) in [6.45, 7) is 1.13. The van der Waals surface area contributed by atoms with Crippen molar-refractivity contribution >= 4 is 17.3 Å². The molecule has 8 nitrogen and oxygen atoms in total. The Morgan fingerprint density at radius 3 is 2.47 bits per heavy atom. The summed E-state index contributed by atoms with van der Waals surface area (Å²) >= 11 is 6.43. The largest absolute Gasteiger partial charge is 0.411 e. The van der Waals surface area contributed by atoms with Gasteiger partial charge in [-0.2, -0.15) is 0 Å². The van der Waals surface area contributed by atoms with Gasteiger partial charge in [0.1, 0.15) is 23.9 Å². The first kappa shape index (κ1) is 23.1. The zero-order chi connectivity index (χ0) is 23.1. The molecule has 2 aliphatic heterocycles.